The van der Waals surface area contributed by atoms with Crippen molar-refractivity contribution in [1.82, 2.24) is 13.9 Å². The molecule has 4 aromatic rings. The lowest BCUT2D eigenvalue weighted by atomic mass is 10.00. The van der Waals surface area contributed by atoms with Gasteiger partial charge in [-0.1, -0.05) is 30.3 Å². The van der Waals surface area contributed by atoms with Crippen molar-refractivity contribution in [3.05, 3.63) is 82.9 Å². The number of hydrogen-bond donors (Lipinski definition) is 2. The average molecular weight is 555 g/mol. The molecule has 11 heteroatoms. The van der Waals surface area contributed by atoms with Crippen LogP contribution in [0.1, 0.15) is 18.4 Å². The Morgan fingerprint density at radius 1 is 0.974 bits per heavy atom. The van der Waals surface area contributed by atoms with Crippen molar-refractivity contribution in [2.75, 3.05) is 24.7 Å². The van der Waals surface area contributed by atoms with Crippen LogP contribution in [0.2, 0.25) is 0 Å². The van der Waals surface area contributed by atoms with Gasteiger partial charge in [0, 0.05) is 67.0 Å². The molecule has 0 radical (unpaired) electrons. The number of piperidine rings is 1. The number of hydrogen-bond acceptors (Lipinski definition) is 6. The van der Waals surface area contributed by atoms with Gasteiger partial charge in [-0.2, -0.15) is 0 Å². The highest BCUT2D eigenvalue weighted by molar-refractivity contribution is 7.90. The summed E-state index contributed by atoms with van der Waals surface area (Å²) < 4.78 is 53.7. The molecule has 2 aromatic carbocycles. The molecule has 0 unspecified atom stereocenters. The first-order valence-corrected chi connectivity index (χ1v) is 15.8. The van der Waals surface area contributed by atoms with Crippen LogP contribution < -0.4 is 10.9 Å². The minimum Gasteiger partial charge on any atom is -0.382 e. The van der Waals surface area contributed by atoms with Gasteiger partial charge in [0.15, 0.2) is 9.84 Å². The van der Waals surface area contributed by atoms with Gasteiger partial charge in [-0.05, 0) is 42.7 Å². The summed E-state index contributed by atoms with van der Waals surface area (Å²) in [6.45, 7) is 0.789. The molecule has 0 bridgehead atoms. The normalized spacial score (nSPS) is 15.6. The third-order valence-electron chi connectivity index (χ3n) is 7.00. The topological polar surface area (TPSA) is 121 Å². The molecule has 2 aromatic heterocycles. The molecular formula is C27H30N4O5S2. The lowest BCUT2D eigenvalue weighted by Crippen LogP contribution is -2.42. The average Bonchev–Trinajstić information content (AvgIpc) is 3.37. The standard InChI is InChI=1S/C27H30N4O5S2/c1-30-17-24(22-10-13-28-26(22)27(30)32)23-16-21(37(2,33)34)8-9-25(23)29-20-11-14-31(15-12-20)38(35,36)18-19-6-4-3-5-7-19/h3-10,13,16-17,20,28-29H,11-12,14-15,18H2,1-2H3. The van der Waals surface area contributed by atoms with Crippen LogP contribution in [0, 0.1) is 0 Å². The fourth-order valence-corrected chi connectivity index (χ4v) is 7.17. The lowest BCUT2D eigenvalue weighted by Gasteiger charge is -2.32. The van der Waals surface area contributed by atoms with E-state index < -0.39 is 19.9 Å². The van der Waals surface area contributed by atoms with Gasteiger partial charge in [-0.3, -0.25) is 4.79 Å². The molecule has 1 aliphatic heterocycles. The minimum absolute atomic E-state index is 0.00439. The van der Waals surface area contributed by atoms with Crippen LogP contribution in [-0.4, -0.2) is 56.1 Å². The molecule has 38 heavy (non-hydrogen) atoms. The molecule has 0 aliphatic carbocycles. The number of aromatic nitrogens is 2. The van der Waals surface area contributed by atoms with Crippen LogP contribution in [0.25, 0.3) is 22.0 Å². The van der Waals surface area contributed by atoms with E-state index in [0.717, 1.165) is 23.1 Å². The number of fused-ring (bicyclic) bond motifs is 1. The van der Waals surface area contributed by atoms with Crippen molar-refractivity contribution in [3.63, 3.8) is 0 Å². The monoisotopic (exact) mass is 554 g/mol. The van der Waals surface area contributed by atoms with Crippen LogP contribution >= 0.6 is 0 Å². The zero-order valence-electron chi connectivity index (χ0n) is 21.2. The second kappa shape index (κ2) is 10.0. The van der Waals surface area contributed by atoms with E-state index in [1.54, 1.807) is 48.0 Å². The molecule has 0 atom stereocenters. The Morgan fingerprint density at radius 3 is 2.37 bits per heavy atom. The van der Waals surface area contributed by atoms with Crippen LogP contribution in [-0.2, 0) is 32.7 Å². The Morgan fingerprint density at radius 2 is 1.68 bits per heavy atom. The predicted molar refractivity (Wildman–Crippen MR) is 149 cm³/mol. The van der Waals surface area contributed by atoms with Gasteiger partial charge in [-0.15, -0.1) is 0 Å². The van der Waals surface area contributed by atoms with Crippen molar-refractivity contribution in [1.29, 1.82) is 0 Å². The first-order valence-electron chi connectivity index (χ1n) is 12.3. The minimum atomic E-state index is -3.47. The number of aromatic amines is 1. The molecular weight excluding hydrogens is 524 g/mol. The van der Waals surface area contributed by atoms with Gasteiger partial charge in [0.1, 0.15) is 5.52 Å². The van der Waals surface area contributed by atoms with E-state index in [4.69, 9.17) is 0 Å². The van der Waals surface area contributed by atoms with Gasteiger partial charge in [0.25, 0.3) is 5.56 Å². The maximum Gasteiger partial charge on any atom is 0.274 e. The summed E-state index contributed by atoms with van der Waals surface area (Å²) in [4.78, 5) is 15.8. The summed E-state index contributed by atoms with van der Waals surface area (Å²) in [5, 5.41) is 4.22. The fourth-order valence-electron chi connectivity index (χ4n) is 4.96. The third-order valence-corrected chi connectivity index (χ3v) is 9.96. The quantitative estimate of drug-likeness (QED) is 0.361. The van der Waals surface area contributed by atoms with Gasteiger partial charge in [-0.25, -0.2) is 21.1 Å². The molecule has 9 nitrogen and oxygen atoms in total. The van der Waals surface area contributed by atoms with E-state index in [0.29, 0.717) is 42.4 Å². The zero-order valence-corrected chi connectivity index (χ0v) is 22.8. The predicted octanol–water partition coefficient (Wildman–Crippen LogP) is 3.34. The highest BCUT2D eigenvalue weighted by Gasteiger charge is 2.29. The highest BCUT2D eigenvalue weighted by atomic mass is 32.2. The second-order valence-corrected chi connectivity index (χ2v) is 13.7. The summed E-state index contributed by atoms with van der Waals surface area (Å²) in [6.07, 6.45) is 5.78. The molecule has 200 valence electrons. The summed E-state index contributed by atoms with van der Waals surface area (Å²) in [6, 6.07) is 15.9. The zero-order chi connectivity index (χ0) is 27.1. The van der Waals surface area contributed by atoms with E-state index >= 15 is 0 Å². The Hall–Kier alpha value is -3.41. The Kier molecular flexibility index (Phi) is 6.93. The summed E-state index contributed by atoms with van der Waals surface area (Å²) in [5.74, 6) is -0.0254. The number of benzene rings is 2. The largest absolute Gasteiger partial charge is 0.382 e. The molecule has 1 fully saturated rings. The van der Waals surface area contributed by atoms with Gasteiger partial charge in [0.05, 0.1) is 10.6 Å². The number of nitrogens with one attached hydrogen (secondary N) is 2. The number of nitrogens with zero attached hydrogens (tertiary/aromatic N) is 2. The van der Waals surface area contributed by atoms with E-state index in [1.165, 1.54) is 4.57 Å². The third kappa shape index (κ3) is 5.27. The highest BCUT2D eigenvalue weighted by Crippen LogP contribution is 2.35. The molecule has 3 heterocycles. The van der Waals surface area contributed by atoms with Gasteiger partial charge >= 0.3 is 0 Å². The van der Waals surface area contributed by atoms with Crippen LogP contribution in [0.15, 0.2) is 76.7 Å². The first-order chi connectivity index (χ1) is 18.0. The number of H-pyrrole nitrogens is 1. The molecule has 0 amide bonds. The number of pyridine rings is 1. The van der Waals surface area contributed by atoms with E-state index in [1.807, 2.05) is 30.3 Å². The van der Waals surface area contributed by atoms with E-state index in [-0.39, 0.29) is 22.2 Å². The fraction of sp³-hybridized carbons (Fsp3) is 0.296. The van der Waals surface area contributed by atoms with Crippen molar-refractivity contribution in [3.8, 4) is 11.1 Å². The Labute approximate surface area is 222 Å². The number of aryl methyl sites for hydroxylation is 1. The summed E-state index contributed by atoms with van der Waals surface area (Å²) in [7, 11) is -5.24. The smallest absolute Gasteiger partial charge is 0.274 e. The molecule has 1 aliphatic rings. The maximum atomic E-state index is 13.0. The van der Waals surface area contributed by atoms with Crippen molar-refractivity contribution in [2.45, 2.75) is 29.5 Å². The summed E-state index contributed by atoms with van der Waals surface area (Å²) in [5.41, 5.74) is 3.14. The number of sulfonamides is 1. The first kappa shape index (κ1) is 26.2. The van der Waals surface area contributed by atoms with Gasteiger partial charge in [0.2, 0.25) is 10.0 Å². The SMILES string of the molecule is Cn1cc(-c2cc(S(C)(=O)=O)ccc2NC2CCN(S(=O)(=O)Cc3ccccc3)CC2)c2cc[nH]c2c1=O. The van der Waals surface area contributed by atoms with Crippen LogP contribution in [0.5, 0.6) is 0 Å². The molecule has 2 N–H and O–H groups in total. The van der Waals surface area contributed by atoms with E-state index in [2.05, 4.69) is 10.3 Å². The molecule has 1 saturated heterocycles. The van der Waals surface area contributed by atoms with Crippen molar-refractivity contribution in [2.24, 2.45) is 7.05 Å². The lowest BCUT2D eigenvalue weighted by molar-refractivity contribution is 0.329. The summed E-state index contributed by atoms with van der Waals surface area (Å²) >= 11 is 0. The van der Waals surface area contributed by atoms with Crippen LogP contribution in [0.4, 0.5) is 5.69 Å². The number of anilines is 1. The van der Waals surface area contributed by atoms with E-state index in [9.17, 15) is 21.6 Å². The van der Waals surface area contributed by atoms with Gasteiger partial charge < -0.3 is 14.9 Å². The van der Waals surface area contributed by atoms with Crippen molar-refractivity contribution < 1.29 is 16.8 Å². The second-order valence-electron chi connectivity index (χ2n) is 9.76. The number of sulfone groups is 1. The van der Waals surface area contributed by atoms with Crippen LogP contribution in [0.3, 0.4) is 0 Å². The Bertz CT molecular complexity index is 1750. The number of rotatable bonds is 7. The molecule has 0 saturated carbocycles. The molecule has 5 rings (SSSR count). The maximum absolute atomic E-state index is 13.0. The Balaban J connectivity index is 1.42. The van der Waals surface area contributed by atoms with Crippen molar-refractivity contribution >= 4 is 36.5 Å². The molecule has 0 spiro atoms.